The fraction of sp³-hybridized carbons (Fsp3) is 0.750. The predicted molar refractivity (Wildman–Crippen MR) is 59.7 cm³/mol. The molecule has 1 aromatic heterocycles. The van der Waals surface area contributed by atoms with Crippen molar-refractivity contribution in [3.8, 4) is 0 Å². The average Bonchev–Trinajstić information content (AvgIpc) is 2.83. The van der Waals surface area contributed by atoms with Gasteiger partial charge in [0.25, 0.3) is 0 Å². The zero-order valence-corrected chi connectivity index (χ0v) is 9.37. The average molecular weight is 205 g/mol. The van der Waals surface area contributed by atoms with Gasteiger partial charge in [0, 0.05) is 31.2 Å². The van der Waals surface area contributed by atoms with Gasteiger partial charge < -0.3 is 9.88 Å². The van der Waals surface area contributed by atoms with Crippen LogP contribution >= 0.6 is 0 Å². The third kappa shape index (κ3) is 1.49. The van der Waals surface area contributed by atoms with Crippen LogP contribution in [0.5, 0.6) is 0 Å². The van der Waals surface area contributed by atoms with E-state index in [0.29, 0.717) is 0 Å². The molecule has 3 rings (SSSR count). The molecule has 3 nitrogen and oxygen atoms in total. The van der Waals surface area contributed by atoms with Gasteiger partial charge in [-0.3, -0.25) is 0 Å². The lowest BCUT2D eigenvalue weighted by molar-refractivity contribution is 0.393. The topological polar surface area (TPSA) is 29.9 Å². The van der Waals surface area contributed by atoms with Crippen molar-refractivity contribution in [3.63, 3.8) is 0 Å². The Hall–Kier alpha value is -0.830. The van der Waals surface area contributed by atoms with Crippen molar-refractivity contribution in [2.75, 3.05) is 6.54 Å². The molecule has 0 bridgehead atoms. The maximum absolute atomic E-state index is 4.54. The SMILES string of the molecule is CC1CCCC1n1cnc2c1CCNC2. The summed E-state index contributed by atoms with van der Waals surface area (Å²) in [6.07, 6.45) is 7.34. The molecule has 0 radical (unpaired) electrons. The van der Waals surface area contributed by atoms with Crippen LogP contribution in [0.1, 0.15) is 43.6 Å². The standard InChI is InChI=1S/C12H19N3/c1-9-3-2-4-11(9)15-8-14-10-7-13-6-5-12(10)15/h8-9,11,13H,2-7H2,1H3. The van der Waals surface area contributed by atoms with Crippen LogP contribution in [0.4, 0.5) is 0 Å². The number of hydrogen-bond acceptors (Lipinski definition) is 2. The molecular formula is C12H19N3. The maximum Gasteiger partial charge on any atom is 0.0954 e. The fourth-order valence-corrected chi connectivity index (χ4v) is 3.08. The molecule has 2 aliphatic rings. The predicted octanol–water partition coefficient (Wildman–Crippen LogP) is 1.89. The van der Waals surface area contributed by atoms with Crippen LogP contribution in [0.3, 0.4) is 0 Å². The van der Waals surface area contributed by atoms with Gasteiger partial charge in [-0.15, -0.1) is 0 Å². The van der Waals surface area contributed by atoms with Crippen molar-refractivity contribution < 1.29 is 0 Å². The minimum atomic E-state index is 0.722. The summed E-state index contributed by atoms with van der Waals surface area (Å²) in [4.78, 5) is 4.54. The third-order valence-electron chi connectivity index (χ3n) is 3.99. The Morgan fingerprint density at radius 1 is 1.47 bits per heavy atom. The van der Waals surface area contributed by atoms with E-state index < -0.39 is 0 Å². The molecule has 3 heteroatoms. The van der Waals surface area contributed by atoms with Crippen molar-refractivity contribution in [2.24, 2.45) is 5.92 Å². The van der Waals surface area contributed by atoms with Gasteiger partial charge in [-0.1, -0.05) is 13.3 Å². The van der Waals surface area contributed by atoms with E-state index in [1.165, 1.54) is 30.7 Å². The quantitative estimate of drug-likeness (QED) is 0.758. The lowest BCUT2D eigenvalue weighted by Gasteiger charge is -2.22. The van der Waals surface area contributed by atoms with Gasteiger partial charge in [-0.2, -0.15) is 0 Å². The van der Waals surface area contributed by atoms with Gasteiger partial charge in [-0.05, 0) is 18.8 Å². The first-order valence-electron chi connectivity index (χ1n) is 6.11. The normalized spacial score (nSPS) is 30.5. The van der Waals surface area contributed by atoms with Crippen LogP contribution in [0.2, 0.25) is 0 Å². The van der Waals surface area contributed by atoms with Crippen LogP contribution in [0.15, 0.2) is 6.33 Å². The summed E-state index contributed by atoms with van der Waals surface area (Å²) in [7, 11) is 0. The molecule has 0 spiro atoms. The highest BCUT2D eigenvalue weighted by molar-refractivity contribution is 5.17. The minimum absolute atomic E-state index is 0.722. The Morgan fingerprint density at radius 2 is 2.40 bits per heavy atom. The number of nitrogens with zero attached hydrogens (tertiary/aromatic N) is 2. The molecule has 82 valence electrons. The second-order valence-electron chi connectivity index (χ2n) is 4.95. The lowest BCUT2D eigenvalue weighted by Crippen LogP contribution is -2.26. The summed E-state index contributed by atoms with van der Waals surface area (Å²) in [5.41, 5.74) is 2.77. The Kier molecular flexibility index (Phi) is 2.28. The summed E-state index contributed by atoms with van der Waals surface area (Å²) in [5, 5.41) is 3.38. The summed E-state index contributed by atoms with van der Waals surface area (Å²) in [6.45, 7) is 4.45. The number of fused-ring (bicyclic) bond motifs is 1. The molecule has 2 atom stereocenters. The van der Waals surface area contributed by atoms with E-state index in [1.54, 1.807) is 0 Å². The highest BCUT2D eigenvalue weighted by Crippen LogP contribution is 2.36. The Labute approximate surface area is 90.9 Å². The summed E-state index contributed by atoms with van der Waals surface area (Å²) < 4.78 is 2.47. The van der Waals surface area contributed by atoms with E-state index in [2.05, 4.69) is 28.1 Å². The molecule has 1 N–H and O–H groups in total. The lowest BCUT2D eigenvalue weighted by atomic mass is 10.1. The van der Waals surface area contributed by atoms with Crippen molar-refractivity contribution in [1.29, 1.82) is 0 Å². The van der Waals surface area contributed by atoms with E-state index in [9.17, 15) is 0 Å². The molecular weight excluding hydrogens is 186 g/mol. The molecule has 1 aliphatic heterocycles. The molecule has 15 heavy (non-hydrogen) atoms. The molecule has 0 saturated heterocycles. The highest BCUT2D eigenvalue weighted by Gasteiger charge is 2.28. The smallest absolute Gasteiger partial charge is 0.0954 e. The molecule has 0 aromatic carbocycles. The summed E-state index contributed by atoms with van der Waals surface area (Å²) in [5.74, 6) is 0.832. The molecule has 0 amide bonds. The van der Waals surface area contributed by atoms with E-state index >= 15 is 0 Å². The van der Waals surface area contributed by atoms with Crippen LogP contribution in [-0.4, -0.2) is 16.1 Å². The zero-order valence-electron chi connectivity index (χ0n) is 9.37. The molecule has 2 unspecified atom stereocenters. The minimum Gasteiger partial charge on any atom is -0.331 e. The first-order valence-corrected chi connectivity index (χ1v) is 6.11. The number of aromatic nitrogens is 2. The summed E-state index contributed by atoms with van der Waals surface area (Å²) >= 11 is 0. The molecule has 2 heterocycles. The van der Waals surface area contributed by atoms with Gasteiger partial charge in [-0.25, -0.2) is 4.98 Å². The first-order chi connectivity index (χ1) is 7.36. The number of nitrogens with one attached hydrogen (secondary N) is 1. The highest BCUT2D eigenvalue weighted by atomic mass is 15.1. The second kappa shape index (κ2) is 3.63. The Balaban J connectivity index is 1.94. The maximum atomic E-state index is 4.54. The van der Waals surface area contributed by atoms with E-state index in [0.717, 1.165) is 31.5 Å². The second-order valence-corrected chi connectivity index (χ2v) is 4.95. The summed E-state index contributed by atoms with van der Waals surface area (Å²) in [6, 6.07) is 0.722. The van der Waals surface area contributed by atoms with Crippen LogP contribution in [0.25, 0.3) is 0 Å². The van der Waals surface area contributed by atoms with Gasteiger partial charge in [0.2, 0.25) is 0 Å². The molecule has 1 saturated carbocycles. The van der Waals surface area contributed by atoms with Crippen LogP contribution in [0, 0.1) is 5.92 Å². The zero-order chi connectivity index (χ0) is 10.3. The van der Waals surface area contributed by atoms with Crippen molar-refractivity contribution in [2.45, 2.75) is 45.2 Å². The van der Waals surface area contributed by atoms with Crippen molar-refractivity contribution in [1.82, 2.24) is 14.9 Å². The molecule has 1 aliphatic carbocycles. The van der Waals surface area contributed by atoms with Crippen molar-refractivity contribution in [3.05, 3.63) is 17.7 Å². The Morgan fingerprint density at radius 3 is 3.20 bits per heavy atom. The van der Waals surface area contributed by atoms with Gasteiger partial charge in [0.05, 0.1) is 12.0 Å². The van der Waals surface area contributed by atoms with Crippen molar-refractivity contribution >= 4 is 0 Å². The van der Waals surface area contributed by atoms with E-state index in [1.807, 2.05) is 0 Å². The first kappa shape index (κ1) is 9.40. The van der Waals surface area contributed by atoms with Crippen LogP contribution in [-0.2, 0) is 13.0 Å². The van der Waals surface area contributed by atoms with E-state index in [4.69, 9.17) is 0 Å². The van der Waals surface area contributed by atoms with Gasteiger partial charge in [0.1, 0.15) is 0 Å². The monoisotopic (exact) mass is 205 g/mol. The Bertz CT molecular complexity index is 356. The molecule has 1 aromatic rings. The number of rotatable bonds is 1. The number of imidazole rings is 1. The van der Waals surface area contributed by atoms with Gasteiger partial charge in [0.15, 0.2) is 0 Å². The molecule has 1 fully saturated rings. The largest absolute Gasteiger partial charge is 0.331 e. The third-order valence-corrected chi connectivity index (χ3v) is 3.99. The number of hydrogen-bond donors (Lipinski definition) is 1. The van der Waals surface area contributed by atoms with Gasteiger partial charge >= 0.3 is 0 Å². The van der Waals surface area contributed by atoms with Crippen LogP contribution < -0.4 is 5.32 Å². The van der Waals surface area contributed by atoms with E-state index in [-0.39, 0.29) is 0 Å². The fourth-order valence-electron chi connectivity index (χ4n) is 3.08.